The highest BCUT2D eigenvalue weighted by molar-refractivity contribution is 5.88. The molecule has 0 aliphatic carbocycles. The van der Waals surface area contributed by atoms with Gasteiger partial charge >= 0.3 is 0 Å². The van der Waals surface area contributed by atoms with E-state index in [9.17, 15) is 0 Å². The maximum Gasteiger partial charge on any atom is 0.184 e. The number of ether oxygens (including phenoxy) is 1. The van der Waals surface area contributed by atoms with Crippen LogP contribution in [0.15, 0.2) is 36.8 Å². The SMILES string of the molecule is Cn1ccc(-c2nc(N3CCOCC3)c3nc(-c4ccncc4)n(C)c3n2)n1. The maximum absolute atomic E-state index is 5.52. The van der Waals surface area contributed by atoms with E-state index in [-0.39, 0.29) is 0 Å². The number of aryl methyl sites for hydroxylation is 2. The molecule has 0 radical (unpaired) electrons. The minimum absolute atomic E-state index is 0.596. The summed E-state index contributed by atoms with van der Waals surface area (Å²) in [7, 11) is 3.86. The number of morpholine rings is 1. The van der Waals surface area contributed by atoms with Gasteiger partial charge in [0.25, 0.3) is 0 Å². The first kappa shape index (κ1) is 16.8. The first-order valence-electron chi connectivity index (χ1n) is 9.18. The summed E-state index contributed by atoms with van der Waals surface area (Å²) < 4.78 is 9.27. The molecule has 0 atom stereocenters. The topological polar surface area (TPSA) is 86.8 Å². The Labute approximate surface area is 161 Å². The molecule has 1 aliphatic heterocycles. The predicted molar refractivity (Wildman–Crippen MR) is 105 cm³/mol. The van der Waals surface area contributed by atoms with Crippen LogP contribution >= 0.6 is 0 Å². The predicted octanol–water partition coefficient (Wildman–Crippen LogP) is 1.66. The van der Waals surface area contributed by atoms with Gasteiger partial charge in [0.2, 0.25) is 0 Å². The number of aromatic nitrogens is 7. The fourth-order valence-electron chi connectivity index (χ4n) is 3.45. The average molecular weight is 376 g/mol. The monoisotopic (exact) mass is 376 g/mol. The smallest absolute Gasteiger partial charge is 0.184 e. The lowest BCUT2D eigenvalue weighted by atomic mass is 10.2. The second-order valence-corrected chi connectivity index (χ2v) is 6.75. The summed E-state index contributed by atoms with van der Waals surface area (Å²) in [4.78, 5) is 20.9. The maximum atomic E-state index is 5.52. The van der Waals surface area contributed by atoms with Crippen molar-refractivity contribution in [2.75, 3.05) is 31.2 Å². The second-order valence-electron chi connectivity index (χ2n) is 6.75. The van der Waals surface area contributed by atoms with E-state index in [4.69, 9.17) is 19.7 Å². The summed E-state index contributed by atoms with van der Waals surface area (Å²) in [5.41, 5.74) is 3.30. The fourth-order valence-corrected chi connectivity index (χ4v) is 3.45. The van der Waals surface area contributed by atoms with Crippen molar-refractivity contribution in [1.82, 2.24) is 34.3 Å². The quantitative estimate of drug-likeness (QED) is 0.537. The molecule has 5 heterocycles. The molecule has 9 nitrogen and oxygen atoms in total. The number of hydrogen-bond acceptors (Lipinski definition) is 7. The van der Waals surface area contributed by atoms with E-state index in [1.165, 1.54) is 0 Å². The minimum Gasteiger partial charge on any atom is -0.378 e. The number of pyridine rings is 1. The molecule has 1 fully saturated rings. The van der Waals surface area contributed by atoms with E-state index in [0.29, 0.717) is 19.0 Å². The molecule has 0 N–H and O–H groups in total. The fraction of sp³-hybridized carbons (Fsp3) is 0.316. The molecule has 0 saturated carbocycles. The van der Waals surface area contributed by atoms with Crippen molar-refractivity contribution in [3.63, 3.8) is 0 Å². The highest BCUT2D eigenvalue weighted by Gasteiger charge is 2.23. The highest BCUT2D eigenvalue weighted by Crippen LogP contribution is 2.30. The number of anilines is 1. The van der Waals surface area contributed by atoms with Gasteiger partial charge < -0.3 is 14.2 Å². The number of hydrogen-bond donors (Lipinski definition) is 0. The molecule has 1 saturated heterocycles. The van der Waals surface area contributed by atoms with Crippen molar-refractivity contribution in [1.29, 1.82) is 0 Å². The van der Waals surface area contributed by atoms with Crippen LogP contribution in [0.25, 0.3) is 34.1 Å². The Bertz CT molecular complexity index is 1130. The van der Waals surface area contributed by atoms with Crippen LogP contribution in [0.2, 0.25) is 0 Å². The molecule has 1 aliphatic rings. The summed E-state index contributed by atoms with van der Waals surface area (Å²) in [6.07, 6.45) is 5.42. The van der Waals surface area contributed by atoms with Crippen molar-refractivity contribution in [2.24, 2.45) is 14.1 Å². The van der Waals surface area contributed by atoms with Crippen LogP contribution in [0.3, 0.4) is 0 Å². The Morgan fingerprint density at radius 3 is 2.46 bits per heavy atom. The van der Waals surface area contributed by atoms with E-state index in [2.05, 4.69) is 15.0 Å². The van der Waals surface area contributed by atoms with Gasteiger partial charge in [-0.1, -0.05) is 0 Å². The third-order valence-corrected chi connectivity index (χ3v) is 4.89. The van der Waals surface area contributed by atoms with Crippen LogP contribution in [0.1, 0.15) is 0 Å². The van der Waals surface area contributed by atoms with Crippen molar-refractivity contribution >= 4 is 17.0 Å². The summed E-state index contributed by atoms with van der Waals surface area (Å²) in [6, 6.07) is 5.82. The minimum atomic E-state index is 0.596. The highest BCUT2D eigenvalue weighted by atomic mass is 16.5. The second kappa shape index (κ2) is 6.68. The van der Waals surface area contributed by atoms with Gasteiger partial charge in [0.05, 0.1) is 13.2 Å². The van der Waals surface area contributed by atoms with Crippen molar-refractivity contribution in [2.45, 2.75) is 0 Å². The van der Waals surface area contributed by atoms with E-state index in [1.54, 1.807) is 17.1 Å². The molecular formula is C19H20N8O. The third kappa shape index (κ3) is 2.80. The van der Waals surface area contributed by atoms with Crippen LogP contribution in [0.5, 0.6) is 0 Å². The molecule has 0 amide bonds. The van der Waals surface area contributed by atoms with E-state index >= 15 is 0 Å². The van der Waals surface area contributed by atoms with Crippen molar-refractivity contribution in [3.05, 3.63) is 36.8 Å². The van der Waals surface area contributed by atoms with Gasteiger partial charge in [-0.25, -0.2) is 15.0 Å². The Kier molecular flexibility index (Phi) is 4.01. The third-order valence-electron chi connectivity index (χ3n) is 4.89. The average Bonchev–Trinajstić information content (AvgIpc) is 3.32. The zero-order valence-corrected chi connectivity index (χ0v) is 15.8. The molecule has 0 aromatic carbocycles. The zero-order chi connectivity index (χ0) is 19.1. The van der Waals surface area contributed by atoms with E-state index in [1.807, 2.05) is 43.1 Å². The summed E-state index contributed by atoms with van der Waals surface area (Å²) in [5, 5.41) is 4.48. The van der Waals surface area contributed by atoms with Gasteiger partial charge in [-0.3, -0.25) is 9.67 Å². The van der Waals surface area contributed by atoms with Gasteiger partial charge in [0.15, 0.2) is 22.8 Å². The van der Waals surface area contributed by atoms with Gasteiger partial charge in [-0.15, -0.1) is 0 Å². The van der Waals surface area contributed by atoms with Gasteiger partial charge in [0, 0.05) is 51.3 Å². The Morgan fingerprint density at radius 2 is 1.75 bits per heavy atom. The van der Waals surface area contributed by atoms with Crippen molar-refractivity contribution in [3.8, 4) is 22.9 Å². The molecule has 9 heteroatoms. The lowest BCUT2D eigenvalue weighted by Crippen LogP contribution is -2.37. The van der Waals surface area contributed by atoms with Crippen LogP contribution in [-0.2, 0) is 18.8 Å². The van der Waals surface area contributed by atoms with Gasteiger partial charge in [-0.2, -0.15) is 5.10 Å². The molecule has 0 unspecified atom stereocenters. The number of fused-ring (bicyclic) bond motifs is 1. The largest absolute Gasteiger partial charge is 0.378 e. The number of rotatable bonds is 3. The zero-order valence-electron chi connectivity index (χ0n) is 15.8. The van der Waals surface area contributed by atoms with Crippen LogP contribution in [0, 0.1) is 0 Å². The normalized spacial score (nSPS) is 14.7. The number of nitrogens with zero attached hydrogens (tertiary/aromatic N) is 8. The number of imidazole rings is 1. The summed E-state index contributed by atoms with van der Waals surface area (Å²) in [5.74, 6) is 2.25. The van der Waals surface area contributed by atoms with Crippen molar-refractivity contribution < 1.29 is 4.74 Å². The Hall–Kier alpha value is -3.33. The standard InChI is InChI=1S/C19H20N8O/c1-25-8-5-14(24-25)16-22-18-15(19(23-16)27-9-11-28-12-10-27)21-17(26(18)2)13-3-6-20-7-4-13/h3-8H,9-12H2,1-2H3. The van der Waals surface area contributed by atoms with Crippen LogP contribution < -0.4 is 4.90 Å². The van der Waals surface area contributed by atoms with E-state index < -0.39 is 0 Å². The molecule has 142 valence electrons. The molecule has 28 heavy (non-hydrogen) atoms. The van der Waals surface area contributed by atoms with Crippen LogP contribution in [-0.4, -0.2) is 60.6 Å². The Morgan fingerprint density at radius 1 is 0.964 bits per heavy atom. The molecular weight excluding hydrogens is 356 g/mol. The lowest BCUT2D eigenvalue weighted by Gasteiger charge is -2.28. The molecule has 0 spiro atoms. The molecule has 5 rings (SSSR count). The summed E-state index contributed by atoms with van der Waals surface area (Å²) in [6.45, 7) is 2.90. The van der Waals surface area contributed by atoms with Gasteiger partial charge in [-0.05, 0) is 18.2 Å². The van der Waals surface area contributed by atoms with Crippen LogP contribution in [0.4, 0.5) is 5.82 Å². The lowest BCUT2D eigenvalue weighted by molar-refractivity contribution is 0.122. The Balaban J connectivity index is 1.74. The molecule has 4 aromatic rings. The molecule has 0 bridgehead atoms. The summed E-state index contributed by atoms with van der Waals surface area (Å²) >= 11 is 0. The molecule has 4 aromatic heterocycles. The van der Waals surface area contributed by atoms with E-state index in [0.717, 1.165) is 47.2 Å². The first-order valence-corrected chi connectivity index (χ1v) is 9.18. The first-order chi connectivity index (χ1) is 13.7. The van der Waals surface area contributed by atoms with Gasteiger partial charge in [0.1, 0.15) is 11.5 Å².